The van der Waals surface area contributed by atoms with Crippen LogP contribution in [0.5, 0.6) is 5.75 Å². The molecule has 0 atom stereocenters. The summed E-state index contributed by atoms with van der Waals surface area (Å²) < 4.78 is 10.3. The predicted molar refractivity (Wildman–Crippen MR) is 107 cm³/mol. The van der Waals surface area contributed by atoms with Crippen LogP contribution < -0.4 is 10.1 Å². The van der Waals surface area contributed by atoms with Crippen molar-refractivity contribution in [2.45, 2.75) is 13.5 Å². The molecule has 0 spiro atoms. The third-order valence-electron chi connectivity index (χ3n) is 3.99. The van der Waals surface area contributed by atoms with Crippen molar-refractivity contribution in [3.63, 3.8) is 0 Å². The largest absolute Gasteiger partial charge is 0.497 e. The minimum atomic E-state index is -0.551. The van der Waals surface area contributed by atoms with Crippen LogP contribution in [0.3, 0.4) is 0 Å². The molecule has 0 saturated carbocycles. The fourth-order valence-corrected chi connectivity index (χ4v) is 3.45. The first-order valence-corrected chi connectivity index (χ1v) is 9.48. The Morgan fingerprint density at radius 3 is 2.46 bits per heavy atom. The molecular weight excluding hydrogens is 376 g/mol. The number of nitrogens with one attached hydrogen (secondary N) is 1. The van der Waals surface area contributed by atoms with E-state index in [0.29, 0.717) is 22.1 Å². The van der Waals surface area contributed by atoms with E-state index in [1.807, 2.05) is 54.6 Å². The van der Waals surface area contributed by atoms with E-state index in [0.717, 1.165) is 16.9 Å². The summed E-state index contributed by atoms with van der Waals surface area (Å²) in [5.74, 6) is -0.155. The third kappa shape index (κ3) is 4.95. The number of nitrogens with zero attached hydrogens (tertiary/aromatic N) is 1. The number of hydrogen-bond donors (Lipinski definition) is 1. The molecule has 3 aromatic rings. The number of hydrogen-bond acceptors (Lipinski definition) is 6. The lowest BCUT2D eigenvalue weighted by molar-refractivity contribution is -0.124. The molecule has 1 heterocycles. The number of carbonyl (C=O) groups excluding carboxylic acids is 2. The molecule has 7 heteroatoms. The van der Waals surface area contributed by atoms with E-state index in [-0.39, 0.29) is 12.5 Å². The van der Waals surface area contributed by atoms with Crippen LogP contribution in [0.15, 0.2) is 54.6 Å². The molecule has 28 heavy (non-hydrogen) atoms. The number of aromatic nitrogens is 1. The van der Waals surface area contributed by atoms with Crippen molar-refractivity contribution in [3.8, 4) is 16.3 Å². The summed E-state index contributed by atoms with van der Waals surface area (Å²) in [4.78, 5) is 29.1. The molecule has 2 aromatic carbocycles. The molecule has 0 fully saturated rings. The molecule has 0 aliphatic rings. The maximum atomic E-state index is 12.3. The summed E-state index contributed by atoms with van der Waals surface area (Å²) in [6, 6.07) is 16.9. The standard InChI is InChI=1S/C21H20N2O4S/c1-14-19(28-20(23-14)16-8-10-17(26-2)11-9-16)21(25)27-13-18(24)22-12-15-6-4-3-5-7-15/h3-11H,12-13H2,1-2H3,(H,22,24). The van der Waals surface area contributed by atoms with E-state index in [1.165, 1.54) is 11.3 Å². The third-order valence-corrected chi connectivity index (χ3v) is 5.17. The molecule has 0 unspecified atom stereocenters. The summed E-state index contributed by atoms with van der Waals surface area (Å²) in [7, 11) is 1.60. The Morgan fingerprint density at radius 1 is 1.07 bits per heavy atom. The summed E-state index contributed by atoms with van der Waals surface area (Å²) in [5.41, 5.74) is 2.43. The van der Waals surface area contributed by atoms with Crippen LogP contribution >= 0.6 is 11.3 Å². The number of amides is 1. The van der Waals surface area contributed by atoms with Gasteiger partial charge in [-0.25, -0.2) is 9.78 Å². The second-order valence-corrected chi connectivity index (χ2v) is 7.00. The van der Waals surface area contributed by atoms with Gasteiger partial charge in [-0.1, -0.05) is 30.3 Å². The topological polar surface area (TPSA) is 77.5 Å². The summed E-state index contributed by atoms with van der Waals surface area (Å²) in [6.07, 6.45) is 0. The Labute approximate surface area is 167 Å². The molecule has 0 aliphatic carbocycles. The average Bonchev–Trinajstić information content (AvgIpc) is 3.13. The summed E-state index contributed by atoms with van der Waals surface area (Å²) in [6.45, 7) is 1.80. The highest BCUT2D eigenvalue weighted by Gasteiger charge is 2.18. The molecule has 0 radical (unpaired) electrons. The van der Waals surface area contributed by atoms with Crippen LogP contribution in [0.1, 0.15) is 20.9 Å². The van der Waals surface area contributed by atoms with Gasteiger partial charge in [0.2, 0.25) is 0 Å². The molecule has 1 aromatic heterocycles. The van der Waals surface area contributed by atoms with E-state index in [9.17, 15) is 9.59 Å². The van der Waals surface area contributed by atoms with Crippen LogP contribution in [0.2, 0.25) is 0 Å². The highest BCUT2D eigenvalue weighted by molar-refractivity contribution is 7.17. The minimum absolute atomic E-state index is 0.332. The lowest BCUT2D eigenvalue weighted by Crippen LogP contribution is -2.28. The highest BCUT2D eigenvalue weighted by Crippen LogP contribution is 2.29. The fraction of sp³-hybridized carbons (Fsp3) is 0.190. The Morgan fingerprint density at radius 2 is 1.79 bits per heavy atom. The number of ether oxygens (including phenoxy) is 2. The van der Waals surface area contributed by atoms with Crippen molar-refractivity contribution < 1.29 is 19.1 Å². The molecule has 6 nitrogen and oxygen atoms in total. The fourth-order valence-electron chi connectivity index (χ4n) is 2.49. The van der Waals surface area contributed by atoms with E-state index in [1.54, 1.807) is 14.0 Å². The molecule has 0 aliphatic heterocycles. The SMILES string of the molecule is COc1ccc(-c2nc(C)c(C(=O)OCC(=O)NCc3ccccc3)s2)cc1. The average molecular weight is 396 g/mol. The first kappa shape index (κ1) is 19.6. The molecule has 0 bridgehead atoms. The number of thiazole rings is 1. The lowest BCUT2D eigenvalue weighted by Gasteiger charge is -2.06. The van der Waals surface area contributed by atoms with Gasteiger partial charge in [0.1, 0.15) is 15.6 Å². The lowest BCUT2D eigenvalue weighted by atomic mass is 10.2. The Bertz CT molecular complexity index is 952. The van der Waals surface area contributed by atoms with E-state index in [2.05, 4.69) is 10.3 Å². The number of esters is 1. The zero-order valence-corrected chi connectivity index (χ0v) is 16.4. The monoisotopic (exact) mass is 396 g/mol. The summed E-state index contributed by atoms with van der Waals surface area (Å²) >= 11 is 1.24. The van der Waals surface area contributed by atoms with Gasteiger partial charge < -0.3 is 14.8 Å². The Balaban J connectivity index is 1.56. The number of rotatable bonds is 7. The van der Waals surface area contributed by atoms with Crippen molar-refractivity contribution in [1.29, 1.82) is 0 Å². The van der Waals surface area contributed by atoms with Gasteiger partial charge in [0.25, 0.3) is 5.91 Å². The van der Waals surface area contributed by atoms with E-state index in [4.69, 9.17) is 9.47 Å². The second kappa shape index (κ2) is 9.14. The van der Waals surface area contributed by atoms with Crippen LogP contribution in [0.4, 0.5) is 0 Å². The van der Waals surface area contributed by atoms with Crippen LogP contribution in [0, 0.1) is 6.92 Å². The van der Waals surface area contributed by atoms with Gasteiger partial charge in [0.15, 0.2) is 6.61 Å². The molecule has 144 valence electrons. The van der Waals surface area contributed by atoms with Gasteiger partial charge in [0, 0.05) is 12.1 Å². The van der Waals surface area contributed by atoms with Crippen molar-refractivity contribution >= 4 is 23.2 Å². The van der Waals surface area contributed by atoms with Crippen LogP contribution in [0.25, 0.3) is 10.6 Å². The maximum absolute atomic E-state index is 12.3. The highest BCUT2D eigenvalue weighted by atomic mass is 32.1. The molecular formula is C21H20N2O4S. The van der Waals surface area contributed by atoms with Crippen molar-refractivity contribution in [1.82, 2.24) is 10.3 Å². The molecule has 1 amide bonds. The smallest absolute Gasteiger partial charge is 0.350 e. The van der Waals surface area contributed by atoms with E-state index < -0.39 is 5.97 Å². The molecule has 1 N–H and O–H groups in total. The number of aryl methyl sites for hydroxylation is 1. The normalized spacial score (nSPS) is 10.4. The van der Waals surface area contributed by atoms with Gasteiger partial charge in [-0.2, -0.15) is 0 Å². The van der Waals surface area contributed by atoms with Gasteiger partial charge in [-0.3, -0.25) is 4.79 Å². The quantitative estimate of drug-likeness (QED) is 0.618. The van der Waals surface area contributed by atoms with Crippen molar-refractivity contribution in [2.75, 3.05) is 13.7 Å². The molecule has 3 rings (SSSR count). The Hall–Kier alpha value is -3.19. The van der Waals surface area contributed by atoms with Gasteiger partial charge in [-0.05, 0) is 36.8 Å². The van der Waals surface area contributed by atoms with E-state index >= 15 is 0 Å². The summed E-state index contributed by atoms with van der Waals surface area (Å²) in [5, 5.41) is 3.43. The van der Waals surface area contributed by atoms with Crippen molar-refractivity contribution in [3.05, 3.63) is 70.7 Å². The first-order valence-electron chi connectivity index (χ1n) is 8.66. The van der Waals surface area contributed by atoms with Crippen LogP contribution in [-0.2, 0) is 16.1 Å². The number of carbonyl (C=O) groups is 2. The minimum Gasteiger partial charge on any atom is -0.497 e. The molecule has 0 saturated heterocycles. The van der Waals surface area contributed by atoms with Gasteiger partial charge in [0.05, 0.1) is 12.8 Å². The van der Waals surface area contributed by atoms with Gasteiger partial charge >= 0.3 is 5.97 Å². The van der Waals surface area contributed by atoms with Crippen LogP contribution in [-0.4, -0.2) is 30.6 Å². The van der Waals surface area contributed by atoms with Crippen molar-refractivity contribution in [2.24, 2.45) is 0 Å². The Kier molecular flexibility index (Phi) is 6.39. The maximum Gasteiger partial charge on any atom is 0.350 e. The zero-order valence-electron chi connectivity index (χ0n) is 15.6. The predicted octanol–water partition coefficient (Wildman–Crippen LogP) is 3.60. The number of benzene rings is 2. The van der Waals surface area contributed by atoms with Gasteiger partial charge in [-0.15, -0.1) is 11.3 Å². The first-order chi connectivity index (χ1) is 13.6. The number of methoxy groups -OCH3 is 1. The zero-order chi connectivity index (χ0) is 19.9. The second-order valence-electron chi connectivity index (χ2n) is 6.00.